The van der Waals surface area contributed by atoms with Gasteiger partial charge in [-0.25, -0.2) is 0 Å². The van der Waals surface area contributed by atoms with E-state index in [0.29, 0.717) is 39.6 Å². The van der Waals surface area contributed by atoms with E-state index in [0.717, 1.165) is 132 Å². The molecule has 3 aliphatic heterocycles. The summed E-state index contributed by atoms with van der Waals surface area (Å²) < 4.78 is 34.7. The van der Waals surface area contributed by atoms with Crippen LogP contribution in [0, 0.1) is 0 Å². The summed E-state index contributed by atoms with van der Waals surface area (Å²) in [5.41, 5.74) is 31.8. The summed E-state index contributed by atoms with van der Waals surface area (Å²) in [5, 5.41) is 10.9. The fourth-order valence-corrected chi connectivity index (χ4v) is 22.2. The number of nitrogens with zero attached hydrogens (tertiary/aromatic N) is 4. The number of hydrogen-bond donors (Lipinski definition) is 0. The molecular formula is C129H114BrN4NaO6. The summed E-state index contributed by atoms with van der Waals surface area (Å²) >= 11 is 3.45. The number of alkyl halides is 1. The maximum atomic E-state index is 5.94. The number of ether oxygens (including phenoxy) is 6. The SMILES string of the molecule is BrCCCCc1cccc(C2OCCO2)c1.[H-].[Na+].c1ccc(N(c2ccc3c(c2)C(CCCCc2cccc(C4OCCO4)c2)(CCCCc2cccc(C4OCCO4)c2)c2cc(N(c4ccccc4)c4cccc5ccccc45)ccc2-3)c2cccc3ccccc23)cc1.c1ccc(N(c2ccc3c(c2)Cc2cc(N(c4ccccc4)c4cccc5ccccc45)ccc2-3)c2cccc3ccccc23)cc1. The Morgan fingerprint density at radius 2 is 0.504 bits per heavy atom. The molecule has 141 heavy (non-hydrogen) atoms. The van der Waals surface area contributed by atoms with Crippen molar-refractivity contribution in [3.05, 3.63) is 492 Å². The third kappa shape index (κ3) is 20.4. The number of anilines is 12. The molecule has 10 nitrogen and oxygen atoms in total. The van der Waals surface area contributed by atoms with Gasteiger partial charge in [0.2, 0.25) is 0 Å². The Kier molecular flexibility index (Phi) is 29.5. The van der Waals surface area contributed by atoms with Crippen LogP contribution in [0.1, 0.15) is 127 Å². The predicted molar refractivity (Wildman–Crippen MR) is 582 cm³/mol. The molecule has 24 rings (SSSR count). The summed E-state index contributed by atoms with van der Waals surface area (Å²) in [4.78, 5) is 9.76. The zero-order valence-electron chi connectivity index (χ0n) is 80.9. The quantitative estimate of drug-likeness (QED) is 0.0257. The van der Waals surface area contributed by atoms with Crippen molar-refractivity contribution >= 4 is 127 Å². The molecule has 3 fully saturated rings. The monoisotopic (exact) mass is 1920 g/mol. The first-order valence-corrected chi connectivity index (χ1v) is 50.9. The molecule has 0 saturated carbocycles. The van der Waals surface area contributed by atoms with Crippen LogP contribution in [0.3, 0.4) is 0 Å². The van der Waals surface area contributed by atoms with E-state index >= 15 is 0 Å². The molecule has 0 spiro atoms. The third-order valence-corrected chi connectivity index (χ3v) is 28.9. The number of unbranched alkanes of at least 4 members (excludes halogenated alkanes) is 3. The van der Waals surface area contributed by atoms with E-state index in [-0.39, 0.29) is 55.3 Å². The minimum atomic E-state index is -0.306. The molecule has 19 aromatic carbocycles. The maximum absolute atomic E-state index is 5.94. The molecule has 12 heteroatoms. The summed E-state index contributed by atoms with van der Waals surface area (Å²) in [6, 6.07) is 160. The smallest absolute Gasteiger partial charge is 1.00 e. The second-order valence-corrected chi connectivity index (χ2v) is 37.9. The van der Waals surface area contributed by atoms with Gasteiger partial charge in [-0.3, -0.25) is 0 Å². The number of hydrogen-bond acceptors (Lipinski definition) is 10. The third-order valence-electron chi connectivity index (χ3n) is 28.3. The molecule has 5 aliphatic rings. The summed E-state index contributed by atoms with van der Waals surface area (Å²) in [6.07, 6.45) is 11.9. The van der Waals surface area contributed by atoms with Gasteiger partial charge in [0.25, 0.3) is 0 Å². The molecule has 0 bridgehead atoms. The topological polar surface area (TPSA) is 68.3 Å². The molecule has 0 N–H and O–H groups in total. The summed E-state index contributed by atoms with van der Waals surface area (Å²) in [5.74, 6) is 0. The Balaban J connectivity index is 0.000000160. The minimum absolute atomic E-state index is 0. The number of para-hydroxylation sites is 4. The van der Waals surface area contributed by atoms with Gasteiger partial charge >= 0.3 is 29.6 Å². The zero-order valence-corrected chi connectivity index (χ0v) is 83.4. The van der Waals surface area contributed by atoms with Crippen LogP contribution >= 0.6 is 15.9 Å². The average Bonchev–Trinajstić information content (AvgIpc) is 1.53. The fourth-order valence-electron chi connectivity index (χ4n) is 21.8. The maximum Gasteiger partial charge on any atom is 1.00 e. The molecule has 3 saturated heterocycles. The minimum Gasteiger partial charge on any atom is -1.00 e. The Morgan fingerprint density at radius 3 is 0.809 bits per heavy atom. The first-order chi connectivity index (χ1) is 69.4. The van der Waals surface area contributed by atoms with Crippen molar-refractivity contribution in [2.45, 2.75) is 101 Å². The van der Waals surface area contributed by atoms with Crippen LogP contribution in [0.25, 0.3) is 65.3 Å². The Labute approximate surface area is 860 Å². The molecule has 0 unspecified atom stereocenters. The fraction of sp³-hybridized carbons (Fsp3) is 0.178. The van der Waals surface area contributed by atoms with Gasteiger partial charge in [-0.2, -0.15) is 0 Å². The van der Waals surface area contributed by atoms with Gasteiger partial charge in [0.05, 0.1) is 62.4 Å². The van der Waals surface area contributed by atoms with Crippen molar-refractivity contribution in [3.63, 3.8) is 0 Å². The summed E-state index contributed by atoms with van der Waals surface area (Å²) in [7, 11) is 0. The Hall–Kier alpha value is -13.3. The van der Waals surface area contributed by atoms with Crippen molar-refractivity contribution in [2.24, 2.45) is 0 Å². The van der Waals surface area contributed by atoms with Crippen molar-refractivity contribution in [1.29, 1.82) is 0 Å². The Morgan fingerprint density at radius 1 is 0.241 bits per heavy atom. The molecule has 3 heterocycles. The first-order valence-electron chi connectivity index (χ1n) is 49.8. The van der Waals surface area contributed by atoms with Gasteiger partial charge in [-0.05, 0) is 268 Å². The number of benzene rings is 19. The largest absolute Gasteiger partial charge is 1.00 e. The van der Waals surface area contributed by atoms with Gasteiger partial charge < -0.3 is 49.4 Å². The van der Waals surface area contributed by atoms with Gasteiger partial charge in [-0.1, -0.05) is 344 Å². The first kappa shape index (κ1) is 93.9. The molecule has 0 radical (unpaired) electrons. The summed E-state index contributed by atoms with van der Waals surface area (Å²) in [6.45, 7) is 3.95. The van der Waals surface area contributed by atoms with Crippen LogP contribution in [0.15, 0.2) is 437 Å². The standard InChI is InChI=1S/C71H64N2O4.C45H32N2.C13H17BrO2.Na.H/c1-3-29-57(30-4-1)72(67-35-17-25-53-23-7-9-33-61(53)67)59-37-39-63-64-40-38-60(73(58-31-5-2-6-32-58)68-36-18-26-54-24-8-10-34-62(54)68)50-66(64)71(65(63)49-59,41-13-11-19-51-21-15-27-55(47-51)69-74-43-44-75-69)42-14-12-20-52-22-16-28-56(48-52)70-76-45-46-77-70;1-3-17-36(18-4-1)46(44-23-11-15-32-13-7-9-21-42(32)44)38-25-27-40-34(30-38)29-35-31-39(26-28-41(35)40)47(37-19-5-2-6-20-37)45-24-12-16-33-14-8-10-22-43(33)45;14-7-2-1-4-11-5-3-6-12(10-11)13-15-8-9-16-13;;/h1-10,15-18,21-40,47-50,69-70H,11-14,19-20,41-46H2;1-28,30-31H,29H2;3,5-6,10,13H,1-2,4,7-9H2;;/q;;;+1;-1. The average molecular weight is 1920 g/mol. The van der Waals surface area contributed by atoms with Gasteiger partial charge in [0, 0.05) is 94.5 Å². The van der Waals surface area contributed by atoms with Crippen LogP contribution in [-0.2, 0) is 59.5 Å². The van der Waals surface area contributed by atoms with Gasteiger partial charge in [-0.15, -0.1) is 0 Å². The van der Waals surface area contributed by atoms with Crippen molar-refractivity contribution < 1.29 is 59.4 Å². The number of aryl methyl sites for hydroxylation is 3. The van der Waals surface area contributed by atoms with Crippen molar-refractivity contribution in [1.82, 2.24) is 0 Å². The number of rotatable bonds is 29. The normalized spacial score (nSPS) is 14.0. The van der Waals surface area contributed by atoms with E-state index in [1.807, 2.05) is 0 Å². The van der Waals surface area contributed by atoms with Crippen LogP contribution in [-0.4, -0.2) is 45.0 Å². The molecular weight excluding hydrogens is 1800 g/mol. The van der Waals surface area contributed by atoms with E-state index < -0.39 is 0 Å². The van der Waals surface area contributed by atoms with Crippen molar-refractivity contribution in [3.8, 4) is 22.3 Å². The van der Waals surface area contributed by atoms with Crippen LogP contribution in [0.5, 0.6) is 0 Å². The number of halogens is 1. The Bertz CT molecular complexity index is 7110. The molecule has 0 atom stereocenters. The van der Waals surface area contributed by atoms with Crippen LogP contribution < -0.4 is 49.2 Å². The zero-order chi connectivity index (χ0) is 93.8. The molecule has 19 aromatic rings. The van der Waals surface area contributed by atoms with Crippen molar-refractivity contribution in [2.75, 3.05) is 64.6 Å². The van der Waals surface area contributed by atoms with Crippen LogP contribution in [0.2, 0.25) is 0 Å². The van der Waals surface area contributed by atoms with E-state index in [4.69, 9.17) is 28.4 Å². The van der Waals surface area contributed by atoms with E-state index in [2.05, 4.69) is 472 Å². The predicted octanol–water partition coefficient (Wildman–Crippen LogP) is 31.2. The van der Waals surface area contributed by atoms with E-state index in [1.165, 1.54) is 140 Å². The van der Waals surface area contributed by atoms with E-state index in [9.17, 15) is 0 Å². The van der Waals surface area contributed by atoms with Crippen LogP contribution in [0.4, 0.5) is 68.2 Å². The molecule has 2 aliphatic carbocycles. The molecule has 0 aromatic heterocycles. The molecule has 0 amide bonds. The second-order valence-electron chi connectivity index (χ2n) is 37.1. The second kappa shape index (κ2) is 44.2. The number of fused-ring (bicyclic) bond motifs is 10. The van der Waals surface area contributed by atoms with Gasteiger partial charge in [0.1, 0.15) is 0 Å². The van der Waals surface area contributed by atoms with Gasteiger partial charge in [0.15, 0.2) is 18.9 Å². The molecule has 694 valence electrons. The van der Waals surface area contributed by atoms with E-state index in [1.54, 1.807) is 0 Å².